The van der Waals surface area contributed by atoms with E-state index in [0.717, 1.165) is 24.0 Å². The second-order valence-corrected chi connectivity index (χ2v) is 13.3. The van der Waals surface area contributed by atoms with Gasteiger partial charge in [0.1, 0.15) is 12.2 Å². The van der Waals surface area contributed by atoms with Gasteiger partial charge in [-0.3, -0.25) is 9.59 Å². The lowest BCUT2D eigenvalue weighted by Crippen LogP contribution is -2.54. The summed E-state index contributed by atoms with van der Waals surface area (Å²) in [4.78, 5) is 57.8. The first-order valence-corrected chi connectivity index (χ1v) is 15.4. The number of rotatable bonds is 8. The standard InChI is InChI=1S/C34H46N4O6/c1-23(2)38(26-14-11-18-36(21-26)32(42)44-33(3,4)5)29(39)25-15-16-27-28(20-25)37(30(40)34(27,6)7)19-17-35-31(41)43-22-24-12-9-8-10-13-24/h8-10,12-13,15-16,20,23,26H,11,14,17-19,21-22H2,1-7H3,(H,35,41)/t26-/m1/s1. The van der Waals surface area contributed by atoms with E-state index >= 15 is 0 Å². The van der Waals surface area contributed by atoms with Gasteiger partial charge in [-0.25, -0.2) is 9.59 Å². The number of likely N-dealkylation sites (tertiary alicyclic amines) is 1. The maximum atomic E-state index is 14.0. The van der Waals surface area contributed by atoms with E-state index in [9.17, 15) is 19.2 Å². The van der Waals surface area contributed by atoms with Crippen LogP contribution in [0.5, 0.6) is 0 Å². The van der Waals surface area contributed by atoms with Crippen molar-refractivity contribution in [3.63, 3.8) is 0 Å². The number of piperidine rings is 1. The highest BCUT2D eigenvalue weighted by Gasteiger charge is 2.44. The summed E-state index contributed by atoms with van der Waals surface area (Å²) in [5, 5.41) is 2.73. The van der Waals surface area contributed by atoms with Crippen LogP contribution >= 0.6 is 0 Å². The fourth-order valence-corrected chi connectivity index (χ4v) is 5.89. The Morgan fingerprint density at radius 2 is 1.80 bits per heavy atom. The summed E-state index contributed by atoms with van der Waals surface area (Å²) in [5.74, 6) is -0.254. The third-order valence-corrected chi connectivity index (χ3v) is 8.04. The lowest BCUT2D eigenvalue weighted by atomic mass is 9.85. The molecule has 0 bridgehead atoms. The van der Waals surface area contributed by atoms with Gasteiger partial charge in [0.05, 0.1) is 11.5 Å². The number of anilines is 1. The molecule has 2 aromatic carbocycles. The lowest BCUT2D eigenvalue weighted by molar-refractivity contribution is -0.122. The molecule has 1 N–H and O–H groups in total. The summed E-state index contributed by atoms with van der Waals surface area (Å²) < 4.78 is 10.9. The number of alkyl carbamates (subject to hydrolysis) is 1. The Labute approximate surface area is 260 Å². The largest absolute Gasteiger partial charge is 0.445 e. The van der Waals surface area contributed by atoms with Gasteiger partial charge in [-0.2, -0.15) is 0 Å². The van der Waals surface area contributed by atoms with E-state index in [0.29, 0.717) is 24.3 Å². The minimum atomic E-state index is -0.778. The molecule has 10 heteroatoms. The topological polar surface area (TPSA) is 108 Å². The Morgan fingerprint density at radius 3 is 2.45 bits per heavy atom. The number of nitrogens with zero attached hydrogens (tertiary/aromatic N) is 3. The van der Waals surface area contributed by atoms with Crippen LogP contribution in [0.2, 0.25) is 0 Å². The molecule has 4 amide bonds. The first kappa shape index (κ1) is 32.8. The van der Waals surface area contributed by atoms with Crippen LogP contribution in [0.1, 0.15) is 82.8 Å². The molecule has 238 valence electrons. The molecule has 0 aliphatic carbocycles. The highest BCUT2D eigenvalue weighted by atomic mass is 16.6. The van der Waals surface area contributed by atoms with Crippen LogP contribution in [0.4, 0.5) is 15.3 Å². The van der Waals surface area contributed by atoms with E-state index < -0.39 is 17.1 Å². The zero-order chi connectivity index (χ0) is 32.2. The number of fused-ring (bicyclic) bond motifs is 1. The van der Waals surface area contributed by atoms with Crippen LogP contribution in [-0.4, -0.2) is 77.7 Å². The minimum Gasteiger partial charge on any atom is -0.445 e. The smallest absolute Gasteiger partial charge is 0.410 e. The first-order valence-electron chi connectivity index (χ1n) is 15.4. The molecule has 0 spiro atoms. The fourth-order valence-electron chi connectivity index (χ4n) is 5.89. The fraction of sp³-hybridized carbons (Fsp3) is 0.529. The summed E-state index contributed by atoms with van der Waals surface area (Å²) in [6, 6.07) is 14.5. The van der Waals surface area contributed by atoms with Crippen molar-refractivity contribution in [2.24, 2.45) is 0 Å². The number of ether oxygens (including phenoxy) is 2. The molecule has 4 rings (SSSR count). The molecular weight excluding hydrogens is 560 g/mol. The van der Waals surface area contributed by atoms with Crippen molar-refractivity contribution >= 4 is 29.7 Å². The van der Waals surface area contributed by atoms with Gasteiger partial charge in [-0.1, -0.05) is 36.4 Å². The van der Waals surface area contributed by atoms with E-state index in [2.05, 4.69) is 5.32 Å². The maximum Gasteiger partial charge on any atom is 0.410 e. The highest BCUT2D eigenvalue weighted by Crippen LogP contribution is 2.42. The second kappa shape index (κ2) is 13.3. The molecule has 1 fully saturated rings. The normalized spacial score (nSPS) is 17.7. The Balaban J connectivity index is 1.47. The quantitative estimate of drug-likeness (QED) is 0.426. The van der Waals surface area contributed by atoms with Crippen molar-refractivity contribution in [2.45, 2.75) is 91.0 Å². The summed E-state index contributed by atoms with van der Waals surface area (Å²) in [5.41, 5.74) is 1.46. The zero-order valence-corrected chi connectivity index (χ0v) is 27.0. The Hall–Kier alpha value is -4.08. The number of amides is 4. The van der Waals surface area contributed by atoms with Crippen molar-refractivity contribution in [1.29, 1.82) is 0 Å². The monoisotopic (exact) mass is 606 g/mol. The van der Waals surface area contributed by atoms with E-state index in [1.165, 1.54) is 0 Å². The highest BCUT2D eigenvalue weighted by molar-refractivity contribution is 6.09. The summed E-state index contributed by atoms with van der Waals surface area (Å²) >= 11 is 0. The number of carbonyl (C=O) groups is 4. The van der Waals surface area contributed by atoms with Crippen LogP contribution in [0, 0.1) is 0 Å². The van der Waals surface area contributed by atoms with Crippen molar-refractivity contribution < 1.29 is 28.7 Å². The number of nitrogens with one attached hydrogen (secondary N) is 1. The van der Waals surface area contributed by atoms with Crippen LogP contribution in [0.25, 0.3) is 0 Å². The van der Waals surface area contributed by atoms with Crippen LogP contribution < -0.4 is 10.2 Å². The molecule has 2 aliphatic rings. The molecule has 2 aromatic rings. The number of carbonyl (C=O) groups excluding carboxylic acids is 4. The van der Waals surface area contributed by atoms with E-state index in [1.807, 2.05) is 89.8 Å². The molecule has 1 saturated heterocycles. The zero-order valence-electron chi connectivity index (χ0n) is 27.0. The van der Waals surface area contributed by atoms with Crippen molar-refractivity contribution in [3.05, 3.63) is 65.2 Å². The maximum absolute atomic E-state index is 14.0. The van der Waals surface area contributed by atoms with Gasteiger partial charge in [-0.15, -0.1) is 0 Å². The average molecular weight is 607 g/mol. The van der Waals surface area contributed by atoms with E-state index in [1.54, 1.807) is 21.9 Å². The number of benzene rings is 2. The van der Waals surface area contributed by atoms with Crippen LogP contribution in [0.3, 0.4) is 0 Å². The second-order valence-electron chi connectivity index (χ2n) is 13.3. The van der Waals surface area contributed by atoms with Gasteiger partial charge in [0.25, 0.3) is 5.91 Å². The predicted molar refractivity (Wildman–Crippen MR) is 169 cm³/mol. The summed E-state index contributed by atoms with van der Waals surface area (Å²) in [6.07, 6.45) is 0.605. The minimum absolute atomic E-state index is 0.0995. The van der Waals surface area contributed by atoms with Gasteiger partial charge in [-0.05, 0) is 84.6 Å². The number of hydrogen-bond acceptors (Lipinski definition) is 6. The van der Waals surface area contributed by atoms with Crippen LogP contribution in [0.15, 0.2) is 48.5 Å². The van der Waals surface area contributed by atoms with Gasteiger partial charge < -0.3 is 29.5 Å². The molecule has 1 atom stereocenters. The third kappa shape index (κ3) is 7.52. The van der Waals surface area contributed by atoms with Crippen molar-refractivity contribution in [1.82, 2.24) is 15.1 Å². The summed E-state index contributed by atoms with van der Waals surface area (Å²) in [7, 11) is 0. The predicted octanol–water partition coefficient (Wildman–Crippen LogP) is 5.49. The molecule has 0 unspecified atom stereocenters. The molecule has 2 aliphatic heterocycles. The van der Waals surface area contributed by atoms with E-state index in [-0.39, 0.29) is 49.7 Å². The molecule has 2 heterocycles. The Kier molecular flexibility index (Phi) is 9.91. The molecule has 44 heavy (non-hydrogen) atoms. The Bertz CT molecular complexity index is 1370. The van der Waals surface area contributed by atoms with Gasteiger partial charge in [0.15, 0.2) is 0 Å². The molecule has 0 radical (unpaired) electrons. The lowest BCUT2D eigenvalue weighted by Gasteiger charge is -2.41. The molecule has 0 saturated carbocycles. The Morgan fingerprint density at radius 1 is 1.09 bits per heavy atom. The van der Waals surface area contributed by atoms with Crippen LogP contribution in [-0.2, 0) is 26.3 Å². The molecular formula is C34H46N4O6. The molecule has 10 nitrogen and oxygen atoms in total. The van der Waals surface area contributed by atoms with Gasteiger partial charge in [0.2, 0.25) is 5.91 Å². The first-order chi connectivity index (χ1) is 20.7. The van der Waals surface area contributed by atoms with Gasteiger partial charge >= 0.3 is 12.2 Å². The summed E-state index contributed by atoms with van der Waals surface area (Å²) in [6.45, 7) is 14.8. The van der Waals surface area contributed by atoms with Crippen molar-refractivity contribution in [3.8, 4) is 0 Å². The van der Waals surface area contributed by atoms with Gasteiger partial charge in [0, 0.05) is 43.5 Å². The number of hydrogen-bond donors (Lipinski definition) is 1. The van der Waals surface area contributed by atoms with E-state index in [4.69, 9.17) is 9.47 Å². The SMILES string of the molecule is CC(C)N(C(=O)c1ccc2c(c1)N(CCNC(=O)OCc1ccccc1)C(=O)C2(C)C)[C@@H]1CCCN(C(=O)OC(C)(C)C)C1. The average Bonchev–Trinajstić information content (AvgIpc) is 3.15. The van der Waals surface area contributed by atoms with Crippen molar-refractivity contribution in [2.75, 3.05) is 31.1 Å². The molecule has 0 aromatic heterocycles. The third-order valence-electron chi connectivity index (χ3n) is 8.04.